The molecule has 2 N–H and O–H groups in total. The van der Waals surface area contributed by atoms with Gasteiger partial charge < -0.3 is 10.6 Å². The first-order valence-electron chi connectivity index (χ1n) is 6.96. The van der Waals surface area contributed by atoms with Gasteiger partial charge in [-0.3, -0.25) is 0 Å². The second-order valence-corrected chi connectivity index (χ2v) is 5.77. The van der Waals surface area contributed by atoms with Gasteiger partial charge in [-0.1, -0.05) is 23.7 Å². The van der Waals surface area contributed by atoms with Crippen LogP contribution in [0.25, 0.3) is 0 Å². The Kier molecular flexibility index (Phi) is 6.10. The lowest BCUT2D eigenvalue weighted by Crippen LogP contribution is -2.30. The highest BCUT2D eigenvalue weighted by Gasteiger charge is 2.04. The molecule has 0 amide bonds. The molecule has 22 heavy (non-hydrogen) atoms. The monoisotopic (exact) mass is 337 g/mol. The Morgan fingerprint density at radius 2 is 2.05 bits per heavy atom. The van der Waals surface area contributed by atoms with E-state index in [1.54, 1.807) is 18.3 Å². The van der Waals surface area contributed by atoms with Crippen LogP contribution in [0.4, 0.5) is 10.2 Å². The largest absolute Gasteiger partial charge is 0.362 e. The van der Waals surface area contributed by atoms with Gasteiger partial charge in [0.2, 0.25) is 0 Å². The van der Waals surface area contributed by atoms with Gasteiger partial charge in [0.05, 0.1) is 5.02 Å². The average molecular weight is 338 g/mol. The standard InChI is InChI=1S/C16H17ClFN3S/c1-11-9-14(17)15(20-10-11)21-16(22)19-8-2-3-12-4-6-13(18)7-5-12/h4-7,9-10H,2-3,8H2,1H3,(H2,19,20,21,22). The fourth-order valence-corrected chi connectivity index (χ4v) is 2.39. The fourth-order valence-electron chi connectivity index (χ4n) is 1.92. The van der Waals surface area contributed by atoms with E-state index in [1.807, 2.05) is 13.0 Å². The summed E-state index contributed by atoms with van der Waals surface area (Å²) in [5.41, 5.74) is 2.10. The maximum absolute atomic E-state index is 12.8. The van der Waals surface area contributed by atoms with Gasteiger partial charge in [-0.25, -0.2) is 9.37 Å². The summed E-state index contributed by atoms with van der Waals surface area (Å²) in [6.07, 6.45) is 3.48. The molecule has 3 nitrogen and oxygen atoms in total. The van der Waals surface area contributed by atoms with Crippen molar-refractivity contribution in [2.75, 3.05) is 11.9 Å². The molecule has 0 aliphatic carbocycles. The summed E-state index contributed by atoms with van der Waals surface area (Å²) in [7, 11) is 0. The fraction of sp³-hybridized carbons (Fsp3) is 0.250. The lowest BCUT2D eigenvalue weighted by Gasteiger charge is -2.11. The number of pyridine rings is 1. The molecule has 116 valence electrons. The van der Waals surface area contributed by atoms with Crippen molar-refractivity contribution in [1.82, 2.24) is 10.3 Å². The van der Waals surface area contributed by atoms with Crippen LogP contribution in [0, 0.1) is 12.7 Å². The minimum absolute atomic E-state index is 0.213. The molecule has 2 aromatic rings. The van der Waals surface area contributed by atoms with E-state index in [1.165, 1.54) is 12.1 Å². The first-order valence-corrected chi connectivity index (χ1v) is 7.74. The quantitative estimate of drug-likeness (QED) is 0.636. The van der Waals surface area contributed by atoms with Gasteiger partial charge in [0, 0.05) is 12.7 Å². The number of halogens is 2. The van der Waals surface area contributed by atoms with Gasteiger partial charge in [0.25, 0.3) is 0 Å². The van der Waals surface area contributed by atoms with Crippen molar-refractivity contribution in [2.45, 2.75) is 19.8 Å². The van der Waals surface area contributed by atoms with E-state index in [9.17, 15) is 4.39 Å². The SMILES string of the molecule is Cc1cnc(NC(=S)NCCCc2ccc(F)cc2)c(Cl)c1. The summed E-state index contributed by atoms with van der Waals surface area (Å²) in [5.74, 6) is 0.332. The minimum Gasteiger partial charge on any atom is -0.362 e. The number of rotatable bonds is 5. The molecule has 1 aromatic carbocycles. The molecule has 2 rings (SSSR count). The van der Waals surface area contributed by atoms with Crippen LogP contribution in [0.1, 0.15) is 17.5 Å². The van der Waals surface area contributed by atoms with Gasteiger partial charge in [0.15, 0.2) is 10.9 Å². The molecule has 0 unspecified atom stereocenters. The van der Waals surface area contributed by atoms with Crippen molar-refractivity contribution in [1.29, 1.82) is 0 Å². The van der Waals surface area contributed by atoms with Crippen LogP contribution in [0.3, 0.4) is 0 Å². The summed E-state index contributed by atoms with van der Waals surface area (Å²) in [6, 6.07) is 8.36. The van der Waals surface area contributed by atoms with Gasteiger partial charge in [-0.15, -0.1) is 0 Å². The molecule has 6 heteroatoms. The van der Waals surface area contributed by atoms with Crippen LogP contribution in [0.5, 0.6) is 0 Å². The Balaban J connectivity index is 1.72. The third-order valence-electron chi connectivity index (χ3n) is 3.05. The maximum atomic E-state index is 12.8. The Morgan fingerprint density at radius 3 is 2.73 bits per heavy atom. The molecule has 0 radical (unpaired) electrons. The average Bonchev–Trinajstić information content (AvgIpc) is 2.48. The van der Waals surface area contributed by atoms with Gasteiger partial charge in [0.1, 0.15) is 5.82 Å². The number of hydrogen-bond acceptors (Lipinski definition) is 2. The van der Waals surface area contributed by atoms with E-state index in [4.69, 9.17) is 23.8 Å². The topological polar surface area (TPSA) is 37.0 Å². The van der Waals surface area contributed by atoms with Crippen LogP contribution in [-0.2, 0) is 6.42 Å². The predicted octanol–water partition coefficient (Wildman–Crippen LogP) is 4.10. The predicted molar refractivity (Wildman–Crippen MR) is 92.9 cm³/mol. The first-order chi connectivity index (χ1) is 10.5. The smallest absolute Gasteiger partial charge is 0.171 e. The lowest BCUT2D eigenvalue weighted by molar-refractivity contribution is 0.626. The first kappa shape index (κ1) is 16.6. The van der Waals surface area contributed by atoms with Crippen molar-refractivity contribution in [3.05, 3.63) is 58.5 Å². The molecule has 0 saturated heterocycles. The van der Waals surface area contributed by atoms with E-state index in [0.29, 0.717) is 22.5 Å². The number of hydrogen-bond donors (Lipinski definition) is 2. The normalized spacial score (nSPS) is 10.3. The molecule has 0 fully saturated rings. The molecule has 1 aromatic heterocycles. The maximum Gasteiger partial charge on any atom is 0.171 e. The number of aromatic nitrogens is 1. The molecular weight excluding hydrogens is 321 g/mol. The van der Waals surface area contributed by atoms with Gasteiger partial charge in [-0.2, -0.15) is 0 Å². The highest BCUT2D eigenvalue weighted by atomic mass is 35.5. The molecule has 0 aliphatic heterocycles. The zero-order valence-electron chi connectivity index (χ0n) is 12.2. The van der Waals surface area contributed by atoms with Crippen molar-refractivity contribution in [2.24, 2.45) is 0 Å². The lowest BCUT2D eigenvalue weighted by atomic mass is 10.1. The van der Waals surface area contributed by atoms with Crippen molar-refractivity contribution in [3.8, 4) is 0 Å². The van der Waals surface area contributed by atoms with E-state index >= 15 is 0 Å². The number of anilines is 1. The molecule has 0 bridgehead atoms. The Labute approximate surface area is 139 Å². The Bertz CT molecular complexity index is 646. The number of nitrogens with zero attached hydrogens (tertiary/aromatic N) is 1. The number of thiocarbonyl (C=S) groups is 1. The van der Waals surface area contributed by atoms with Crippen molar-refractivity contribution in [3.63, 3.8) is 0 Å². The van der Waals surface area contributed by atoms with Crippen molar-refractivity contribution < 1.29 is 4.39 Å². The van der Waals surface area contributed by atoms with E-state index in [-0.39, 0.29) is 5.82 Å². The molecular formula is C16H17ClFN3S. The summed E-state index contributed by atoms with van der Waals surface area (Å²) in [5, 5.41) is 7.09. The van der Waals surface area contributed by atoms with Crippen LogP contribution >= 0.6 is 23.8 Å². The number of benzene rings is 1. The zero-order valence-corrected chi connectivity index (χ0v) is 13.8. The van der Waals surface area contributed by atoms with Crippen LogP contribution in [0.15, 0.2) is 36.5 Å². The minimum atomic E-state index is -0.213. The van der Waals surface area contributed by atoms with E-state index < -0.39 is 0 Å². The third-order valence-corrected chi connectivity index (χ3v) is 3.59. The highest BCUT2D eigenvalue weighted by molar-refractivity contribution is 7.80. The summed E-state index contributed by atoms with van der Waals surface area (Å²) >= 11 is 11.3. The molecule has 0 aliphatic rings. The highest BCUT2D eigenvalue weighted by Crippen LogP contribution is 2.19. The van der Waals surface area contributed by atoms with Crippen LogP contribution in [0.2, 0.25) is 5.02 Å². The Morgan fingerprint density at radius 1 is 1.32 bits per heavy atom. The molecule has 0 spiro atoms. The third kappa shape index (κ3) is 5.24. The summed E-state index contributed by atoms with van der Waals surface area (Å²) < 4.78 is 12.8. The number of nitrogens with one attached hydrogen (secondary N) is 2. The number of aryl methyl sites for hydroxylation is 2. The zero-order chi connectivity index (χ0) is 15.9. The van der Waals surface area contributed by atoms with E-state index in [0.717, 1.165) is 24.0 Å². The second-order valence-electron chi connectivity index (χ2n) is 4.95. The van der Waals surface area contributed by atoms with Gasteiger partial charge in [-0.05, 0) is 61.3 Å². The van der Waals surface area contributed by atoms with E-state index in [2.05, 4.69) is 15.6 Å². The van der Waals surface area contributed by atoms with Gasteiger partial charge >= 0.3 is 0 Å². The van der Waals surface area contributed by atoms with Crippen LogP contribution in [-0.4, -0.2) is 16.6 Å². The van der Waals surface area contributed by atoms with Crippen LogP contribution < -0.4 is 10.6 Å². The summed E-state index contributed by atoms with van der Waals surface area (Å²) in [6.45, 7) is 2.64. The van der Waals surface area contributed by atoms with Crippen molar-refractivity contribution >= 4 is 34.7 Å². The molecule has 0 atom stereocenters. The Hall–Kier alpha value is -1.72. The summed E-state index contributed by atoms with van der Waals surface area (Å²) in [4.78, 5) is 4.20. The second kappa shape index (κ2) is 8.06. The molecule has 0 saturated carbocycles. The molecule has 1 heterocycles.